The molecular formula is C7H6O9S2. The highest BCUT2D eigenvalue weighted by Gasteiger charge is 2.30. The second-order valence-electron chi connectivity index (χ2n) is 3.04. The summed E-state index contributed by atoms with van der Waals surface area (Å²) in [5.41, 5.74) is -0.949. The van der Waals surface area contributed by atoms with E-state index in [0.717, 1.165) is 0 Å². The number of aromatic hydroxyl groups is 1. The number of aromatic carboxylic acids is 1. The average molecular weight is 298 g/mol. The lowest BCUT2D eigenvalue weighted by Crippen LogP contribution is -2.11. The minimum Gasteiger partial charge on any atom is -0.506 e. The molecule has 0 aliphatic heterocycles. The van der Waals surface area contributed by atoms with Crippen molar-refractivity contribution in [2.45, 2.75) is 9.79 Å². The molecule has 9 nitrogen and oxygen atoms in total. The third-order valence-corrected chi connectivity index (χ3v) is 3.82. The highest BCUT2D eigenvalue weighted by molar-refractivity contribution is 7.89. The molecule has 0 aromatic heterocycles. The molecule has 4 N–H and O–H groups in total. The monoisotopic (exact) mass is 298 g/mol. The normalized spacial score (nSPS) is 12.3. The quantitative estimate of drug-likeness (QED) is 0.542. The third kappa shape index (κ3) is 2.59. The number of hydrogen-bond donors (Lipinski definition) is 4. The standard InChI is InChI=1S/C7H6O9S2/c8-5-3(7(9)10)1-2-4(17(11,12)13)6(5)18(14,15)16/h1-2,8H,(H,9,10)(H,11,12,13)(H,14,15,16). The molecule has 0 unspecified atom stereocenters. The van der Waals surface area contributed by atoms with Gasteiger partial charge >= 0.3 is 5.97 Å². The zero-order valence-electron chi connectivity index (χ0n) is 8.30. The highest BCUT2D eigenvalue weighted by Crippen LogP contribution is 2.32. The lowest BCUT2D eigenvalue weighted by atomic mass is 10.2. The van der Waals surface area contributed by atoms with Crippen molar-refractivity contribution in [3.05, 3.63) is 17.7 Å². The summed E-state index contributed by atoms with van der Waals surface area (Å²) in [7, 11) is -10.3. The van der Waals surface area contributed by atoms with Gasteiger partial charge in [-0.1, -0.05) is 0 Å². The van der Waals surface area contributed by atoms with Gasteiger partial charge in [0.15, 0.2) is 10.6 Å². The van der Waals surface area contributed by atoms with Crippen molar-refractivity contribution in [3.8, 4) is 5.75 Å². The first-order chi connectivity index (χ1) is 7.96. The minimum atomic E-state index is -5.26. The van der Waals surface area contributed by atoms with Gasteiger partial charge in [-0.05, 0) is 12.1 Å². The Hall–Kier alpha value is -1.69. The molecule has 0 radical (unpaired) electrons. The van der Waals surface area contributed by atoms with Gasteiger partial charge in [0, 0.05) is 0 Å². The van der Waals surface area contributed by atoms with Crippen LogP contribution in [0.15, 0.2) is 21.9 Å². The molecule has 1 rings (SSSR count). The summed E-state index contributed by atoms with van der Waals surface area (Å²) in [5, 5.41) is 17.9. The molecule has 0 amide bonds. The van der Waals surface area contributed by atoms with Crippen LogP contribution >= 0.6 is 0 Å². The van der Waals surface area contributed by atoms with E-state index in [0.29, 0.717) is 12.1 Å². The number of phenols is 1. The predicted octanol–water partition coefficient (Wildman–Crippen LogP) is -0.416. The fraction of sp³-hybridized carbons (Fsp3) is 0. The molecule has 0 saturated carbocycles. The fourth-order valence-corrected chi connectivity index (χ4v) is 3.06. The molecule has 0 aliphatic carbocycles. The molecule has 0 saturated heterocycles. The van der Waals surface area contributed by atoms with E-state index in [1.54, 1.807) is 0 Å². The molecule has 0 fully saturated rings. The number of carboxylic acid groups (broad SMARTS) is 1. The van der Waals surface area contributed by atoms with Gasteiger partial charge in [0.25, 0.3) is 20.2 Å². The maximum absolute atomic E-state index is 10.9. The SMILES string of the molecule is O=C(O)c1ccc(S(=O)(=O)O)c(S(=O)(=O)O)c1O. The molecule has 0 aliphatic rings. The first kappa shape index (κ1) is 14.4. The van der Waals surface area contributed by atoms with Crippen LogP contribution in [-0.2, 0) is 20.2 Å². The van der Waals surface area contributed by atoms with E-state index in [1.165, 1.54) is 0 Å². The van der Waals surface area contributed by atoms with E-state index in [1.807, 2.05) is 0 Å². The Balaban J connectivity index is 3.92. The summed E-state index contributed by atoms with van der Waals surface area (Å²) in [6.45, 7) is 0. The van der Waals surface area contributed by atoms with Gasteiger partial charge in [-0.15, -0.1) is 0 Å². The number of rotatable bonds is 3. The number of benzene rings is 1. The van der Waals surface area contributed by atoms with Crippen LogP contribution in [0.2, 0.25) is 0 Å². The van der Waals surface area contributed by atoms with Crippen molar-refractivity contribution in [2.24, 2.45) is 0 Å². The van der Waals surface area contributed by atoms with Crippen LogP contribution in [0, 0.1) is 0 Å². The van der Waals surface area contributed by atoms with Gasteiger partial charge < -0.3 is 10.2 Å². The van der Waals surface area contributed by atoms with E-state index in [-0.39, 0.29) is 0 Å². The van der Waals surface area contributed by atoms with Crippen molar-refractivity contribution in [1.82, 2.24) is 0 Å². The maximum Gasteiger partial charge on any atom is 0.339 e. The van der Waals surface area contributed by atoms with Crippen molar-refractivity contribution >= 4 is 26.2 Å². The Morgan fingerprint density at radius 2 is 1.50 bits per heavy atom. The molecule has 1 aromatic carbocycles. The van der Waals surface area contributed by atoms with Crippen molar-refractivity contribution < 1.29 is 40.9 Å². The van der Waals surface area contributed by atoms with E-state index in [9.17, 15) is 26.7 Å². The van der Waals surface area contributed by atoms with Gasteiger partial charge in [0.2, 0.25) is 0 Å². The molecule has 18 heavy (non-hydrogen) atoms. The van der Waals surface area contributed by atoms with Crippen molar-refractivity contribution in [3.63, 3.8) is 0 Å². The predicted molar refractivity (Wildman–Crippen MR) is 54.7 cm³/mol. The van der Waals surface area contributed by atoms with Crippen LogP contribution in [-0.4, -0.2) is 42.1 Å². The van der Waals surface area contributed by atoms with E-state index in [2.05, 4.69) is 0 Å². The maximum atomic E-state index is 10.9. The third-order valence-electron chi connectivity index (χ3n) is 1.86. The lowest BCUT2D eigenvalue weighted by molar-refractivity contribution is 0.0693. The van der Waals surface area contributed by atoms with E-state index >= 15 is 0 Å². The largest absolute Gasteiger partial charge is 0.506 e. The number of hydrogen-bond acceptors (Lipinski definition) is 6. The van der Waals surface area contributed by atoms with Gasteiger partial charge in [-0.2, -0.15) is 16.8 Å². The molecular weight excluding hydrogens is 292 g/mol. The van der Waals surface area contributed by atoms with Crippen LogP contribution < -0.4 is 0 Å². The summed E-state index contributed by atoms with van der Waals surface area (Å²) >= 11 is 0. The van der Waals surface area contributed by atoms with Crippen LogP contribution in [0.25, 0.3) is 0 Å². The first-order valence-electron chi connectivity index (χ1n) is 4.00. The number of carboxylic acids is 1. The molecule has 0 bridgehead atoms. The topological polar surface area (TPSA) is 166 Å². The number of carbonyl (C=O) groups is 1. The van der Waals surface area contributed by atoms with Gasteiger partial charge in [0.05, 0.1) is 0 Å². The Labute approximate surface area is 101 Å². The van der Waals surface area contributed by atoms with Crippen LogP contribution in [0.4, 0.5) is 0 Å². The summed E-state index contributed by atoms with van der Waals surface area (Å²) in [5.74, 6) is -3.24. The lowest BCUT2D eigenvalue weighted by Gasteiger charge is -2.08. The zero-order chi connectivity index (χ0) is 14.3. The minimum absolute atomic E-state index is 0.432. The average Bonchev–Trinajstić information content (AvgIpc) is 2.12. The van der Waals surface area contributed by atoms with Crippen LogP contribution in [0.5, 0.6) is 5.75 Å². The van der Waals surface area contributed by atoms with Crippen LogP contribution in [0.1, 0.15) is 10.4 Å². The van der Waals surface area contributed by atoms with Crippen molar-refractivity contribution in [2.75, 3.05) is 0 Å². The molecule has 0 atom stereocenters. The Morgan fingerprint density at radius 1 is 1.00 bits per heavy atom. The molecule has 0 spiro atoms. The Morgan fingerprint density at radius 3 is 1.83 bits per heavy atom. The smallest absolute Gasteiger partial charge is 0.339 e. The Kier molecular flexibility index (Phi) is 3.36. The fourth-order valence-electron chi connectivity index (χ4n) is 1.18. The molecule has 0 heterocycles. The van der Waals surface area contributed by atoms with Gasteiger partial charge in [-0.25, -0.2) is 4.79 Å². The molecule has 100 valence electrons. The van der Waals surface area contributed by atoms with Crippen molar-refractivity contribution in [1.29, 1.82) is 0 Å². The first-order valence-corrected chi connectivity index (χ1v) is 6.88. The summed E-state index contributed by atoms with van der Waals surface area (Å²) in [4.78, 5) is 7.69. The van der Waals surface area contributed by atoms with Gasteiger partial charge in [-0.3, -0.25) is 9.11 Å². The highest BCUT2D eigenvalue weighted by atomic mass is 32.2. The summed E-state index contributed by atoms with van der Waals surface area (Å²) < 4.78 is 61.0. The summed E-state index contributed by atoms with van der Waals surface area (Å²) in [6.07, 6.45) is 0. The summed E-state index contributed by atoms with van der Waals surface area (Å²) in [6, 6.07) is 0.997. The van der Waals surface area contributed by atoms with E-state index in [4.69, 9.17) is 14.2 Å². The van der Waals surface area contributed by atoms with Crippen LogP contribution in [0.3, 0.4) is 0 Å². The molecule has 11 heteroatoms. The zero-order valence-corrected chi connectivity index (χ0v) is 9.93. The molecule has 1 aromatic rings. The second-order valence-corrected chi connectivity index (χ2v) is 5.79. The van der Waals surface area contributed by atoms with E-state index < -0.39 is 47.3 Å². The van der Waals surface area contributed by atoms with Gasteiger partial charge in [0.1, 0.15) is 10.5 Å². The second kappa shape index (κ2) is 4.20. The Bertz CT molecular complexity index is 714.